The molecule has 2 aliphatic heterocycles. The lowest BCUT2D eigenvalue weighted by Crippen LogP contribution is -2.65. The molecule has 0 radical (unpaired) electrons. The van der Waals surface area contributed by atoms with Crippen molar-refractivity contribution in [2.45, 2.75) is 56.8 Å². The van der Waals surface area contributed by atoms with Crippen LogP contribution in [0, 0.1) is 5.92 Å². The first kappa shape index (κ1) is 15.6. The molecule has 0 amide bonds. The minimum Gasteiger partial charge on any atom is -0.378 e. The van der Waals surface area contributed by atoms with Crippen molar-refractivity contribution in [2.24, 2.45) is 5.92 Å². The summed E-state index contributed by atoms with van der Waals surface area (Å²) in [5, 5.41) is 0. The molecule has 3 fully saturated rings. The number of aromatic nitrogens is 1. The van der Waals surface area contributed by atoms with Gasteiger partial charge in [0.2, 0.25) is 0 Å². The van der Waals surface area contributed by atoms with Crippen LogP contribution >= 0.6 is 0 Å². The van der Waals surface area contributed by atoms with Gasteiger partial charge in [-0.15, -0.1) is 0 Å². The van der Waals surface area contributed by atoms with Crippen LogP contribution in [0.2, 0.25) is 0 Å². The maximum atomic E-state index is 6.24. The average molecular weight is 316 g/mol. The Kier molecular flexibility index (Phi) is 4.65. The van der Waals surface area contributed by atoms with Gasteiger partial charge in [-0.25, -0.2) is 0 Å². The summed E-state index contributed by atoms with van der Waals surface area (Å²) in [6, 6.07) is 4.15. The van der Waals surface area contributed by atoms with E-state index in [1.54, 1.807) is 0 Å². The van der Waals surface area contributed by atoms with Gasteiger partial charge >= 0.3 is 0 Å². The zero-order valence-corrected chi connectivity index (χ0v) is 14.0. The quantitative estimate of drug-likeness (QED) is 0.836. The molecule has 3 aliphatic rings. The van der Waals surface area contributed by atoms with Crippen LogP contribution in [-0.2, 0) is 16.0 Å². The Morgan fingerprint density at radius 3 is 2.91 bits per heavy atom. The third-order valence-corrected chi connectivity index (χ3v) is 5.64. The minimum atomic E-state index is 0.0564. The monoisotopic (exact) mass is 316 g/mol. The molecule has 1 unspecified atom stereocenters. The SMILES string of the molecule is c1cncc(CN2CC3(CC(OCC4CCCC4)CCO3)C2)c1. The predicted octanol–water partition coefficient (Wildman–Crippen LogP) is 3.02. The molecule has 0 N–H and O–H groups in total. The molecule has 4 nitrogen and oxygen atoms in total. The number of rotatable bonds is 5. The first-order valence-corrected chi connectivity index (χ1v) is 9.18. The topological polar surface area (TPSA) is 34.6 Å². The third-order valence-electron chi connectivity index (χ3n) is 5.64. The summed E-state index contributed by atoms with van der Waals surface area (Å²) in [6.07, 6.45) is 11.9. The molecule has 4 heteroatoms. The number of hydrogen-bond donors (Lipinski definition) is 0. The highest BCUT2D eigenvalue weighted by molar-refractivity contribution is 5.11. The normalized spacial score (nSPS) is 28.1. The lowest BCUT2D eigenvalue weighted by molar-refractivity contribution is -0.200. The molecular weight excluding hydrogens is 288 g/mol. The largest absolute Gasteiger partial charge is 0.378 e. The number of pyridine rings is 1. The lowest BCUT2D eigenvalue weighted by atomic mass is 9.84. The molecule has 1 spiro atoms. The number of likely N-dealkylation sites (tertiary alicyclic amines) is 1. The van der Waals surface area contributed by atoms with E-state index in [0.29, 0.717) is 6.10 Å². The Bertz CT molecular complexity index is 495. The van der Waals surface area contributed by atoms with Gasteiger partial charge in [0, 0.05) is 51.7 Å². The van der Waals surface area contributed by atoms with Crippen molar-refractivity contribution in [1.29, 1.82) is 0 Å². The fourth-order valence-electron chi connectivity index (χ4n) is 4.43. The van der Waals surface area contributed by atoms with E-state index >= 15 is 0 Å². The summed E-state index contributed by atoms with van der Waals surface area (Å²) in [7, 11) is 0. The van der Waals surface area contributed by atoms with Gasteiger partial charge in [0.15, 0.2) is 0 Å². The average Bonchev–Trinajstić information content (AvgIpc) is 3.06. The van der Waals surface area contributed by atoms with Gasteiger partial charge in [-0.3, -0.25) is 9.88 Å². The summed E-state index contributed by atoms with van der Waals surface area (Å²) >= 11 is 0. The molecule has 1 atom stereocenters. The highest BCUT2D eigenvalue weighted by atomic mass is 16.5. The zero-order chi connectivity index (χ0) is 15.5. The van der Waals surface area contributed by atoms with Crippen molar-refractivity contribution in [2.75, 3.05) is 26.3 Å². The predicted molar refractivity (Wildman–Crippen MR) is 89.1 cm³/mol. The van der Waals surface area contributed by atoms with E-state index in [0.717, 1.165) is 51.6 Å². The molecule has 2 saturated heterocycles. The van der Waals surface area contributed by atoms with Crippen LogP contribution in [-0.4, -0.2) is 47.9 Å². The summed E-state index contributed by atoms with van der Waals surface area (Å²) in [5.74, 6) is 0.817. The lowest BCUT2D eigenvalue weighted by Gasteiger charge is -2.53. The van der Waals surface area contributed by atoms with E-state index in [1.807, 2.05) is 18.5 Å². The molecule has 0 bridgehead atoms. The highest BCUT2D eigenvalue weighted by Crippen LogP contribution is 2.36. The maximum absolute atomic E-state index is 6.24. The van der Waals surface area contributed by atoms with Crippen LogP contribution in [0.4, 0.5) is 0 Å². The fraction of sp³-hybridized carbons (Fsp3) is 0.737. The van der Waals surface area contributed by atoms with Gasteiger partial charge in [-0.2, -0.15) is 0 Å². The molecular formula is C19H28N2O2. The van der Waals surface area contributed by atoms with Gasteiger partial charge in [0.05, 0.1) is 11.7 Å². The highest BCUT2D eigenvalue weighted by Gasteiger charge is 2.47. The van der Waals surface area contributed by atoms with Crippen molar-refractivity contribution < 1.29 is 9.47 Å². The van der Waals surface area contributed by atoms with Crippen LogP contribution in [0.5, 0.6) is 0 Å². The van der Waals surface area contributed by atoms with Gasteiger partial charge in [-0.1, -0.05) is 18.9 Å². The van der Waals surface area contributed by atoms with Crippen molar-refractivity contribution >= 4 is 0 Å². The smallest absolute Gasteiger partial charge is 0.0959 e. The fourth-order valence-corrected chi connectivity index (χ4v) is 4.43. The molecule has 1 aromatic rings. The van der Waals surface area contributed by atoms with E-state index in [4.69, 9.17) is 9.47 Å². The summed E-state index contributed by atoms with van der Waals surface area (Å²) in [6.45, 7) is 4.87. The molecule has 4 rings (SSSR count). The van der Waals surface area contributed by atoms with Crippen molar-refractivity contribution in [3.05, 3.63) is 30.1 Å². The molecule has 0 aromatic carbocycles. The number of ether oxygens (including phenoxy) is 2. The maximum Gasteiger partial charge on any atom is 0.0959 e. The third kappa shape index (κ3) is 3.76. The Morgan fingerprint density at radius 2 is 2.13 bits per heavy atom. The van der Waals surface area contributed by atoms with Crippen LogP contribution in [0.1, 0.15) is 44.1 Å². The Labute approximate surface area is 139 Å². The van der Waals surface area contributed by atoms with E-state index in [9.17, 15) is 0 Å². The zero-order valence-electron chi connectivity index (χ0n) is 14.0. The second-order valence-electron chi connectivity index (χ2n) is 7.64. The van der Waals surface area contributed by atoms with Gasteiger partial charge < -0.3 is 9.47 Å². The Balaban J connectivity index is 1.23. The van der Waals surface area contributed by atoms with Crippen LogP contribution in [0.15, 0.2) is 24.5 Å². The summed E-state index contributed by atoms with van der Waals surface area (Å²) < 4.78 is 12.4. The molecule has 126 valence electrons. The summed E-state index contributed by atoms with van der Waals surface area (Å²) in [4.78, 5) is 6.65. The number of nitrogens with zero attached hydrogens (tertiary/aromatic N) is 2. The first-order valence-electron chi connectivity index (χ1n) is 9.18. The van der Waals surface area contributed by atoms with E-state index < -0.39 is 0 Å². The molecule has 1 aliphatic carbocycles. The first-order chi connectivity index (χ1) is 11.3. The van der Waals surface area contributed by atoms with Gasteiger partial charge in [0.1, 0.15) is 0 Å². The second kappa shape index (κ2) is 6.88. The minimum absolute atomic E-state index is 0.0564. The van der Waals surface area contributed by atoms with E-state index in [2.05, 4.69) is 16.0 Å². The van der Waals surface area contributed by atoms with Crippen LogP contribution in [0.25, 0.3) is 0 Å². The van der Waals surface area contributed by atoms with Crippen LogP contribution < -0.4 is 0 Å². The number of hydrogen-bond acceptors (Lipinski definition) is 4. The molecule has 1 saturated carbocycles. The standard InChI is InChI=1S/C19H28N2O2/c1-2-5-16(4-1)13-22-18-7-9-23-19(10-18)14-21(15-19)12-17-6-3-8-20-11-17/h3,6,8,11,16,18H,1-2,4-5,7,9-10,12-15H2. The second-order valence-corrected chi connectivity index (χ2v) is 7.64. The summed E-state index contributed by atoms with van der Waals surface area (Å²) in [5.41, 5.74) is 1.34. The van der Waals surface area contributed by atoms with Gasteiger partial charge in [0.25, 0.3) is 0 Å². The molecule has 23 heavy (non-hydrogen) atoms. The van der Waals surface area contributed by atoms with Crippen molar-refractivity contribution in [3.8, 4) is 0 Å². The molecule has 3 heterocycles. The molecule has 1 aromatic heterocycles. The van der Waals surface area contributed by atoms with Crippen molar-refractivity contribution in [3.63, 3.8) is 0 Å². The Morgan fingerprint density at radius 1 is 1.26 bits per heavy atom. The van der Waals surface area contributed by atoms with Crippen LogP contribution in [0.3, 0.4) is 0 Å². The Hall–Kier alpha value is -0.970. The van der Waals surface area contributed by atoms with Crippen molar-refractivity contribution in [1.82, 2.24) is 9.88 Å². The van der Waals surface area contributed by atoms with E-state index in [1.165, 1.54) is 31.2 Å². The van der Waals surface area contributed by atoms with Gasteiger partial charge in [-0.05, 0) is 36.8 Å². The van der Waals surface area contributed by atoms with E-state index in [-0.39, 0.29) is 5.60 Å².